The molecule has 0 aromatic heterocycles. The molecule has 0 atom stereocenters. The quantitative estimate of drug-likeness (QED) is 0.603. The first-order valence-electron chi connectivity index (χ1n) is 11.7. The van der Waals surface area contributed by atoms with E-state index in [1.807, 2.05) is 12.1 Å². The van der Waals surface area contributed by atoms with E-state index in [1.54, 1.807) is 0 Å². The second kappa shape index (κ2) is 9.08. The fraction of sp³-hybridized carbons (Fsp3) is 0.640. The zero-order valence-corrected chi connectivity index (χ0v) is 18.5. The van der Waals surface area contributed by atoms with Crippen LogP contribution >= 0.6 is 0 Å². The van der Waals surface area contributed by atoms with Crippen LogP contribution in [-0.2, 0) is 10.2 Å². The molecule has 0 unspecified atom stereocenters. The highest BCUT2D eigenvalue weighted by atomic mass is 19.3. The summed E-state index contributed by atoms with van der Waals surface area (Å²) in [5, 5.41) is 3.11. The van der Waals surface area contributed by atoms with E-state index < -0.39 is 5.92 Å². The SMILES string of the molecule is NC/C(=C\F)COc1ccc(C23CCC(C(=O)NC4CCC(F)(F)CC4)(CC2)CC3)cc1. The van der Waals surface area contributed by atoms with E-state index in [2.05, 4.69) is 17.4 Å². The van der Waals surface area contributed by atoms with Gasteiger partial charge in [0.2, 0.25) is 11.8 Å². The predicted octanol–water partition coefficient (Wildman–Crippen LogP) is 5.16. The molecular formula is C25H33F3N2O2. The lowest BCUT2D eigenvalue weighted by Gasteiger charge is -2.53. The average molecular weight is 451 g/mol. The van der Waals surface area contributed by atoms with Crippen molar-refractivity contribution in [3.8, 4) is 5.75 Å². The second-order valence-corrected chi connectivity index (χ2v) is 9.95. The molecule has 5 rings (SSSR count). The number of hydrogen-bond donors (Lipinski definition) is 2. The van der Waals surface area contributed by atoms with Crippen LogP contribution in [-0.4, -0.2) is 31.0 Å². The van der Waals surface area contributed by atoms with E-state index in [-0.39, 0.29) is 48.8 Å². The minimum atomic E-state index is -2.58. The third-order valence-electron chi connectivity index (χ3n) is 8.09. The molecule has 1 aromatic carbocycles. The lowest BCUT2D eigenvalue weighted by atomic mass is 9.51. The number of rotatable bonds is 7. The fourth-order valence-corrected chi connectivity index (χ4v) is 5.70. The summed E-state index contributed by atoms with van der Waals surface area (Å²) in [6, 6.07) is 7.87. The van der Waals surface area contributed by atoms with Crippen LogP contribution in [0.2, 0.25) is 0 Å². The van der Waals surface area contributed by atoms with Crippen molar-refractivity contribution >= 4 is 5.91 Å². The number of nitrogens with one attached hydrogen (secondary N) is 1. The van der Waals surface area contributed by atoms with Crippen LogP contribution in [0.25, 0.3) is 0 Å². The predicted molar refractivity (Wildman–Crippen MR) is 117 cm³/mol. The smallest absolute Gasteiger partial charge is 0.248 e. The van der Waals surface area contributed by atoms with Crippen molar-refractivity contribution in [2.75, 3.05) is 13.2 Å². The molecule has 4 aliphatic carbocycles. The number of ether oxygens (including phenoxy) is 1. The molecule has 0 radical (unpaired) electrons. The summed E-state index contributed by atoms with van der Waals surface area (Å²) in [5.74, 6) is -1.83. The molecule has 7 heteroatoms. The van der Waals surface area contributed by atoms with Crippen LogP contribution in [0.15, 0.2) is 36.2 Å². The maximum Gasteiger partial charge on any atom is 0.248 e. The molecule has 2 bridgehead atoms. The highest BCUT2D eigenvalue weighted by Crippen LogP contribution is 2.58. The van der Waals surface area contributed by atoms with E-state index >= 15 is 0 Å². The first-order valence-corrected chi connectivity index (χ1v) is 11.7. The van der Waals surface area contributed by atoms with E-state index in [9.17, 15) is 18.0 Å². The molecule has 4 nitrogen and oxygen atoms in total. The van der Waals surface area contributed by atoms with E-state index in [0.717, 1.165) is 38.5 Å². The number of fused-ring (bicyclic) bond motifs is 3. The van der Waals surface area contributed by atoms with Gasteiger partial charge in [0.05, 0.1) is 6.33 Å². The van der Waals surface area contributed by atoms with Crippen molar-refractivity contribution in [2.24, 2.45) is 11.1 Å². The highest BCUT2D eigenvalue weighted by Gasteiger charge is 2.53. The summed E-state index contributed by atoms with van der Waals surface area (Å²) in [5.41, 5.74) is 6.85. The van der Waals surface area contributed by atoms with Gasteiger partial charge in [0, 0.05) is 36.4 Å². The molecule has 176 valence electrons. The van der Waals surface area contributed by atoms with Crippen molar-refractivity contribution in [2.45, 2.75) is 81.6 Å². The van der Waals surface area contributed by atoms with Gasteiger partial charge < -0.3 is 15.8 Å². The van der Waals surface area contributed by atoms with Gasteiger partial charge in [-0.2, -0.15) is 0 Å². The fourth-order valence-electron chi connectivity index (χ4n) is 5.70. The Balaban J connectivity index is 1.34. The number of benzene rings is 1. The minimum Gasteiger partial charge on any atom is -0.489 e. The van der Waals surface area contributed by atoms with Gasteiger partial charge in [-0.05, 0) is 74.5 Å². The number of nitrogens with two attached hydrogens (primary N) is 1. The molecule has 32 heavy (non-hydrogen) atoms. The van der Waals surface area contributed by atoms with E-state index in [0.29, 0.717) is 30.5 Å². The molecule has 0 saturated heterocycles. The van der Waals surface area contributed by atoms with Crippen LogP contribution in [0.5, 0.6) is 5.75 Å². The summed E-state index contributed by atoms with van der Waals surface area (Å²) in [6.07, 6.45) is 6.30. The van der Waals surface area contributed by atoms with Crippen LogP contribution < -0.4 is 15.8 Å². The third kappa shape index (κ3) is 4.68. The molecule has 0 spiro atoms. The van der Waals surface area contributed by atoms with Gasteiger partial charge in [-0.15, -0.1) is 0 Å². The van der Waals surface area contributed by atoms with Crippen molar-refractivity contribution < 1.29 is 22.7 Å². The second-order valence-electron chi connectivity index (χ2n) is 9.95. The van der Waals surface area contributed by atoms with E-state index in [4.69, 9.17) is 10.5 Å². The largest absolute Gasteiger partial charge is 0.489 e. The van der Waals surface area contributed by atoms with Crippen LogP contribution in [0.4, 0.5) is 13.2 Å². The number of hydrogen-bond acceptors (Lipinski definition) is 3. The van der Waals surface area contributed by atoms with Crippen molar-refractivity contribution in [3.63, 3.8) is 0 Å². The Bertz CT molecular complexity index is 819. The summed E-state index contributed by atoms with van der Waals surface area (Å²) in [4.78, 5) is 13.1. The summed E-state index contributed by atoms with van der Waals surface area (Å²) in [7, 11) is 0. The highest BCUT2D eigenvalue weighted by molar-refractivity contribution is 5.83. The summed E-state index contributed by atoms with van der Waals surface area (Å²) < 4.78 is 45.1. The molecule has 0 heterocycles. The van der Waals surface area contributed by atoms with Crippen molar-refractivity contribution in [1.29, 1.82) is 0 Å². The Hall–Kier alpha value is -2.02. The molecular weight excluding hydrogens is 417 g/mol. The lowest BCUT2D eigenvalue weighted by Crippen LogP contribution is -2.54. The van der Waals surface area contributed by atoms with Crippen LogP contribution in [0.1, 0.15) is 69.8 Å². The maximum atomic E-state index is 13.4. The number of alkyl halides is 2. The first kappa shape index (κ1) is 23.1. The summed E-state index contributed by atoms with van der Waals surface area (Å²) in [6.45, 7) is 0.258. The van der Waals surface area contributed by atoms with Gasteiger partial charge in [-0.3, -0.25) is 4.79 Å². The third-order valence-corrected chi connectivity index (χ3v) is 8.09. The van der Waals surface area contributed by atoms with Crippen molar-refractivity contribution in [3.05, 3.63) is 41.7 Å². The van der Waals surface area contributed by atoms with Crippen LogP contribution in [0, 0.1) is 5.41 Å². The van der Waals surface area contributed by atoms with Gasteiger partial charge in [0.25, 0.3) is 0 Å². The molecule has 4 fully saturated rings. The number of halogens is 3. The molecule has 1 aromatic rings. The maximum absolute atomic E-state index is 13.4. The molecule has 0 aliphatic heterocycles. The normalized spacial score (nSPS) is 30.2. The zero-order chi connectivity index (χ0) is 22.8. The molecule has 1 amide bonds. The number of amides is 1. The number of carbonyl (C=O) groups is 1. The lowest BCUT2D eigenvalue weighted by molar-refractivity contribution is -0.139. The molecule has 4 aliphatic rings. The minimum absolute atomic E-state index is 0.0707. The molecule has 3 N–H and O–H groups in total. The Morgan fingerprint density at radius 1 is 1.03 bits per heavy atom. The van der Waals surface area contributed by atoms with Gasteiger partial charge in [0.15, 0.2) is 0 Å². The summed E-state index contributed by atoms with van der Waals surface area (Å²) >= 11 is 0. The first-order chi connectivity index (χ1) is 15.3. The Morgan fingerprint density at radius 2 is 1.62 bits per heavy atom. The van der Waals surface area contributed by atoms with Crippen molar-refractivity contribution in [1.82, 2.24) is 5.32 Å². The Morgan fingerprint density at radius 3 is 2.16 bits per heavy atom. The van der Waals surface area contributed by atoms with Gasteiger partial charge in [-0.1, -0.05) is 12.1 Å². The van der Waals surface area contributed by atoms with Gasteiger partial charge >= 0.3 is 0 Å². The van der Waals surface area contributed by atoms with Gasteiger partial charge in [0.1, 0.15) is 12.4 Å². The monoisotopic (exact) mass is 450 g/mol. The average Bonchev–Trinajstić information content (AvgIpc) is 2.82. The van der Waals surface area contributed by atoms with E-state index in [1.165, 1.54) is 5.56 Å². The van der Waals surface area contributed by atoms with Gasteiger partial charge in [-0.25, -0.2) is 13.2 Å². The Kier molecular flexibility index (Phi) is 6.57. The number of carbonyl (C=O) groups excluding carboxylic acids is 1. The topological polar surface area (TPSA) is 64.3 Å². The Labute approximate surface area is 187 Å². The molecule has 4 saturated carbocycles. The van der Waals surface area contributed by atoms with Crippen LogP contribution in [0.3, 0.4) is 0 Å². The zero-order valence-electron chi connectivity index (χ0n) is 18.5. The standard InChI is InChI=1S/C25H33F3N2O2/c26-15-18(16-29)17-32-21-3-1-19(2-4-21)23-9-12-24(13-10-23,14-11-23)22(31)30-20-5-7-25(27,28)8-6-20/h1-4,15,20H,5-14,16-17,29H2,(H,30,31)/b18-15+.